The number of hydrogen-bond acceptors (Lipinski definition) is 3. The van der Waals surface area contributed by atoms with E-state index in [0.717, 1.165) is 13.1 Å². The third-order valence-corrected chi connectivity index (χ3v) is 1.33. The molecular weight excluding hydrogens is 96.1 g/mol. The van der Waals surface area contributed by atoms with Crippen molar-refractivity contribution in [1.82, 2.24) is 10.0 Å². The van der Waals surface area contributed by atoms with Gasteiger partial charge in [-0.2, -0.15) is 0 Å². The third kappa shape index (κ3) is 0.668. The highest BCUT2D eigenvalue weighted by atomic mass is 32.1. The van der Waals surface area contributed by atoms with Gasteiger partial charge in [0.15, 0.2) is 0 Å². The van der Waals surface area contributed by atoms with Crippen molar-refractivity contribution in [2.24, 2.45) is 0 Å². The maximum atomic E-state index is 3.86. The van der Waals surface area contributed by atoms with Gasteiger partial charge in [-0.1, -0.05) is 12.8 Å². The van der Waals surface area contributed by atoms with Crippen molar-refractivity contribution in [3.8, 4) is 0 Å². The van der Waals surface area contributed by atoms with Crippen LogP contribution in [0.3, 0.4) is 0 Å². The summed E-state index contributed by atoms with van der Waals surface area (Å²) in [5.41, 5.74) is 0. The minimum absolute atomic E-state index is 0.619. The summed E-state index contributed by atoms with van der Waals surface area (Å²) in [6.07, 6.45) is 0. The largest absolute Gasteiger partial charge is 0.313 e. The molecule has 2 nitrogen and oxygen atoms in total. The van der Waals surface area contributed by atoms with E-state index in [1.54, 1.807) is 0 Å². The van der Waals surface area contributed by atoms with Crippen LogP contribution < -0.4 is 10.0 Å². The second-order valence-corrected chi connectivity index (χ2v) is 1.74. The van der Waals surface area contributed by atoms with Crippen molar-refractivity contribution in [1.29, 1.82) is 0 Å². The van der Waals surface area contributed by atoms with Crippen LogP contribution in [-0.2, 0) is 0 Å². The van der Waals surface area contributed by atoms with Crippen LogP contribution in [0.2, 0.25) is 0 Å². The van der Waals surface area contributed by atoms with Gasteiger partial charge >= 0.3 is 0 Å². The smallest absolute Gasteiger partial charge is 0.0419 e. The van der Waals surface area contributed by atoms with Crippen LogP contribution in [0.4, 0.5) is 0 Å². The molecular formula is C3H8N2S. The van der Waals surface area contributed by atoms with Gasteiger partial charge in [0.25, 0.3) is 0 Å². The molecule has 0 radical (unpaired) electrons. The average molecular weight is 104 g/mol. The average Bonchev–Trinajstić information content (AvgIpc) is 1.31. The molecule has 1 saturated heterocycles. The molecule has 6 heavy (non-hydrogen) atoms. The van der Waals surface area contributed by atoms with Gasteiger partial charge < -0.3 is 5.32 Å². The Balaban J connectivity index is 2.01. The Hall–Kier alpha value is 0.270. The van der Waals surface area contributed by atoms with Crippen LogP contribution in [0, 0.1) is 0 Å². The Labute approximate surface area is 42.9 Å². The van der Waals surface area contributed by atoms with E-state index in [1.807, 2.05) is 0 Å². The van der Waals surface area contributed by atoms with E-state index < -0.39 is 0 Å². The molecule has 0 unspecified atom stereocenters. The normalized spacial score (nSPS) is 23.5. The van der Waals surface area contributed by atoms with Gasteiger partial charge in [-0.15, -0.1) is 0 Å². The van der Waals surface area contributed by atoms with E-state index in [-0.39, 0.29) is 0 Å². The van der Waals surface area contributed by atoms with Crippen LogP contribution in [0.1, 0.15) is 0 Å². The summed E-state index contributed by atoms with van der Waals surface area (Å²) in [5, 5.41) is 3.10. The van der Waals surface area contributed by atoms with Gasteiger partial charge in [0.05, 0.1) is 0 Å². The van der Waals surface area contributed by atoms with Crippen molar-refractivity contribution in [2.75, 3.05) is 13.1 Å². The van der Waals surface area contributed by atoms with Crippen molar-refractivity contribution < 1.29 is 0 Å². The first kappa shape index (κ1) is 4.43. The molecule has 1 aliphatic rings. The molecule has 1 fully saturated rings. The van der Waals surface area contributed by atoms with Crippen LogP contribution >= 0.6 is 12.8 Å². The van der Waals surface area contributed by atoms with Crippen LogP contribution in [-0.4, -0.2) is 19.1 Å². The lowest BCUT2D eigenvalue weighted by molar-refractivity contribution is 0.425. The minimum Gasteiger partial charge on any atom is -0.313 e. The zero-order valence-electron chi connectivity index (χ0n) is 3.44. The third-order valence-electron chi connectivity index (χ3n) is 0.964. The lowest BCUT2D eigenvalue weighted by atomic mass is 10.2. The highest BCUT2D eigenvalue weighted by Gasteiger charge is 2.12. The van der Waals surface area contributed by atoms with E-state index in [9.17, 15) is 0 Å². The molecule has 0 bridgehead atoms. The van der Waals surface area contributed by atoms with Crippen molar-refractivity contribution in [2.45, 2.75) is 6.04 Å². The van der Waals surface area contributed by atoms with Crippen molar-refractivity contribution in [3.63, 3.8) is 0 Å². The standard InChI is InChI=1S/C3H8N2S/c6-5-3-1-4-2-3/h3-6H,1-2H2. The number of hydrogen-bond donors (Lipinski definition) is 3. The summed E-state index contributed by atoms with van der Waals surface area (Å²) in [7, 11) is 0. The summed E-state index contributed by atoms with van der Waals surface area (Å²) in [6, 6.07) is 0.619. The first-order valence-electron chi connectivity index (χ1n) is 2.04. The molecule has 0 aliphatic carbocycles. The minimum atomic E-state index is 0.619. The van der Waals surface area contributed by atoms with Crippen molar-refractivity contribution in [3.05, 3.63) is 0 Å². The van der Waals surface area contributed by atoms with Gasteiger partial charge in [-0.25, -0.2) is 0 Å². The molecule has 3 heteroatoms. The molecule has 0 saturated carbocycles. The zero-order valence-corrected chi connectivity index (χ0v) is 4.33. The molecule has 0 atom stereocenters. The van der Waals surface area contributed by atoms with Crippen molar-refractivity contribution >= 4 is 12.8 Å². The number of thiol groups is 1. The van der Waals surface area contributed by atoms with Crippen LogP contribution in [0.25, 0.3) is 0 Å². The van der Waals surface area contributed by atoms with Gasteiger partial charge in [0, 0.05) is 19.1 Å². The second-order valence-electron chi connectivity index (χ2n) is 1.48. The quantitative estimate of drug-likeness (QED) is 0.387. The summed E-state index contributed by atoms with van der Waals surface area (Å²) in [5.74, 6) is 0. The Morgan fingerprint density at radius 3 is 2.33 bits per heavy atom. The fourth-order valence-electron chi connectivity index (χ4n) is 0.380. The molecule has 0 amide bonds. The fraction of sp³-hybridized carbons (Fsp3) is 1.00. The Morgan fingerprint density at radius 2 is 2.33 bits per heavy atom. The van der Waals surface area contributed by atoms with Gasteiger partial charge in [0.1, 0.15) is 0 Å². The first-order chi connectivity index (χ1) is 2.93. The van der Waals surface area contributed by atoms with Gasteiger partial charge in [0.2, 0.25) is 0 Å². The van der Waals surface area contributed by atoms with Crippen LogP contribution in [0.15, 0.2) is 0 Å². The highest BCUT2D eigenvalue weighted by molar-refractivity contribution is 7.78. The molecule has 1 heterocycles. The molecule has 36 valence electrons. The summed E-state index contributed by atoms with van der Waals surface area (Å²) < 4.78 is 2.83. The lowest BCUT2D eigenvalue weighted by Gasteiger charge is -2.25. The molecule has 0 aromatic rings. The summed E-state index contributed by atoms with van der Waals surface area (Å²) >= 11 is 3.86. The number of rotatable bonds is 1. The van der Waals surface area contributed by atoms with E-state index in [0.29, 0.717) is 6.04 Å². The SMILES string of the molecule is SNC1CNC1. The second kappa shape index (κ2) is 1.82. The van der Waals surface area contributed by atoms with Gasteiger partial charge in [-0.3, -0.25) is 4.72 Å². The maximum Gasteiger partial charge on any atom is 0.0419 e. The molecule has 0 spiro atoms. The molecule has 2 N–H and O–H groups in total. The van der Waals surface area contributed by atoms with E-state index >= 15 is 0 Å². The fourth-order valence-corrected chi connectivity index (χ4v) is 0.563. The summed E-state index contributed by atoms with van der Waals surface area (Å²) in [4.78, 5) is 0. The van der Waals surface area contributed by atoms with E-state index in [2.05, 4.69) is 22.9 Å². The summed E-state index contributed by atoms with van der Waals surface area (Å²) in [6.45, 7) is 2.15. The first-order valence-corrected chi connectivity index (χ1v) is 2.48. The Bertz CT molecular complexity index is 41.3. The zero-order chi connectivity index (χ0) is 4.41. The topological polar surface area (TPSA) is 24.1 Å². The predicted molar refractivity (Wildman–Crippen MR) is 28.8 cm³/mol. The Morgan fingerprint density at radius 1 is 1.67 bits per heavy atom. The molecule has 0 aromatic heterocycles. The lowest BCUT2D eigenvalue weighted by Crippen LogP contribution is -2.52. The van der Waals surface area contributed by atoms with E-state index in [1.165, 1.54) is 0 Å². The number of nitrogens with one attached hydrogen (secondary N) is 2. The highest BCUT2D eigenvalue weighted by Crippen LogP contribution is 1.88. The molecule has 0 aromatic carbocycles. The molecule has 1 rings (SSSR count). The van der Waals surface area contributed by atoms with E-state index in [4.69, 9.17) is 0 Å². The predicted octanol–water partition coefficient (Wildman–Crippen LogP) is -0.607. The monoisotopic (exact) mass is 104 g/mol. The van der Waals surface area contributed by atoms with Gasteiger partial charge in [-0.05, 0) is 0 Å². The molecule has 1 aliphatic heterocycles. The maximum absolute atomic E-state index is 3.86. The van der Waals surface area contributed by atoms with Crippen LogP contribution in [0.5, 0.6) is 0 Å². The Kier molecular flexibility index (Phi) is 1.34.